The van der Waals surface area contributed by atoms with Gasteiger partial charge >= 0.3 is 65.7 Å². The highest BCUT2D eigenvalue weighted by Gasteiger charge is 2.56. The number of hydrogen-bond acceptors (Lipinski definition) is 30. The van der Waals surface area contributed by atoms with Gasteiger partial charge in [-0.05, 0) is 32.0 Å². The van der Waals surface area contributed by atoms with E-state index in [1.165, 1.54) is 19.9 Å². The standard InChI is InChI=1S/C54H60O30/c1-20-42(74-26(7)59)47(77-29(10)62)50(79-31(12)64)53(68-20)81-34-17-37(72-24(5)57)40-38(18-34)82-44(33-14-15-35(70-22(3)55)36(16-33)71-23(4)56)46(41(40)66)83-52-49(45(76-28(9)61)39(19-67-52)73-25(6)58)84-54-51(80-32(13)65)48(78-30(11)63)43(21(2)69-54)75-27(8)60/h14-18,20-21,39,42-43,45,47-54H,19H2,1-13H3/t20-,21-,39-,42-,43-,45-,47+,48+,49+,50+,51+,52-,53-,54-/m0/s1. The van der Waals surface area contributed by atoms with Crippen molar-refractivity contribution in [1.29, 1.82) is 0 Å². The number of ether oxygens (including phenoxy) is 17. The van der Waals surface area contributed by atoms with Gasteiger partial charge in [0.25, 0.3) is 0 Å². The summed E-state index contributed by atoms with van der Waals surface area (Å²) in [6.07, 6.45) is -23.0. The summed E-state index contributed by atoms with van der Waals surface area (Å²) in [5.41, 5.74) is -1.91. The van der Waals surface area contributed by atoms with Crippen LogP contribution in [0.5, 0.6) is 28.7 Å². The Hall–Kier alpha value is -8.74. The average molecular weight is 1190 g/mol. The van der Waals surface area contributed by atoms with Crippen LogP contribution in [-0.4, -0.2) is 158 Å². The molecule has 1 aromatic heterocycles. The molecule has 0 unspecified atom stereocenters. The van der Waals surface area contributed by atoms with Crippen LogP contribution in [0.2, 0.25) is 0 Å². The molecule has 30 heteroatoms. The molecule has 0 amide bonds. The first-order valence-electron chi connectivity index (χ1n) is 25.5. The molecular formula is C54H60O30. The molecule has 0 N–H and O–H groups in total. The highest BCUT2D eigenvalue weighted by atomic mass is 16.8. The number of fused-ring (bicyclic) bond motifs is 1. The molecule has 456 valence electrons. The van der Waals surface area contributed by atoms with Gasteiger partial charge in [-0.25, -0.2) is 0 Å². The lowest BCUT2D eigenvalue weighted by molar-refractivity contribution is -0.347. The molecule has 0 aliphatic carbocycles. The Kier molecular flexibility index (Phi) is 21.1. The van der Waals surface area contributed by atoms with E-state index in [0.29, 0.717) is 0 Å². The quantitative estimate of drug-likeness (QED) is 0.100. The van der Waals surface area contributed by atoms with Gasteiger partial charge in [0.2, 0.25) is 29.9 Å². The summed E-state index contributed by atoms with van der Waals surface area (Å²) >= 11 is 0. The molecule has 3 saturated heterocycles. The third-order valence-electron chi connectivity index (χ3n) is 11.9. The van der Waals surface area contributed by atoms with E-state index in [4.69, 9.17) is 84.9 Å². The second-order valence-electron chi connectivity index (χ2n) is 18.9. The van der Waals surface area contributed by atoms with E-state index in [0.717, 1.165) is 100 Å². The SMILES string of the molecule is CC(=O)Oc1ccc(-c2oc3cc(O[C@@H]4O[C@@H](C)[C@H](OC(C)=O)[C@@H](OC(C)=O)[C@H]4OC(C)=O)cc(OC(C)=O)c3c(=O)c2O[C@@H]2OC[C@H](OC(C)=O)[C@H](OC(C)=O)[C@H]2O[C@@H]2O[C@@H](C)[C@H](OC(C)=O)[C@@H](OC(C)=O)[C@H]2OC(C)=O)cc1OC(C)=O. The summed E-state index contributed by atoms with van der Waals surface area (Å²) in [5, 5.41) is -0.585. The Bertz CT molecular complexity index is 3120. The van der Waals surface area contributed by atoms with Gasteiger partial charge in [-0.15, -0.1) is 0 Å². The van der Waals surface area contributed by atoms with Crippen molar-refractivity contribution in [3.63, 3.8) is 0 Å². The molecule has 30 nitrogen and oxygen atoms in total. The number of rotatable bonds is 18. The fourth-order valence-electron chi connectivity index (χ4n) is 9.15. The van der Waals surface area contributed by atoms with Crippen LogP contribution in [0.3, 0.4) is 0 Å². The zero-order valence-corrected chi connectivity index (χ0v) is 47.4. The molecule has 0 saturated carbocycles. The first kappa shape index (κ1) is 64.4. The molecule has 84 heavy (non-hydrogen) atoms. The predicted molar refractivity (Wildman–Crippen MR) is 271 cm³/mol. The lowest BCUT2D eigenvalue weighted by atomic mass is 9.98. The molecule has 3 fully saturated rings. The van der Waals surface area contributed by atoms with Crippen LogP contribution in [0.25, 0.3) is 22.3 Å². The third kappa shape index (κ3) is 16.3. The normalized spacial score (nSPS) is 26.3. The van der Waals surface area contributed by atoms with Crippen LogP contribution in [0.15, 0.2) is 39.5 Å². The van der Waals surface area contributed by atoms with Crippen molar-refractivity contribution >= 4 is 76.6 Å². The molecule has 3 aliphatic rings. The Morgan fingerprint density at radius 1 is 0.429 bits per heavy atom. The smallest absolute Gasteiger partial charge is 0.308 e. The van der Waals surface area contributed by atoms with Crippen LogP contribution in [-0.2, 0) is 110 Å². The molecule has 14 atom stereocenters. The van der Waals surface area contributed by atoms with Gasteiger partial charge in [0, 0.05) is 93.9 Å². The van der Waals surface area contributed by atoms with E-state index in [-0.39, 0.29) is 17.1 Å². The van der Waals surface area contributed by atoms with Crippen molar-refractivity contribution in [2.45, 2.75) is 176 Å². The molecule has 3 aliphatic heterocycles. The number of carbonyl (C=O) groups excluding carboxylic acids is 11. The lowest BCUT2D eigenvalue weighted by Crippen LogP contribution is -2.65. The summed E-state index contributed by atoms with van der Waals surface area (Å²) in [7, 11) is 0. The van der Waals surface area contributed by atoms with E-state index < -0.39 is 198 Å². The highest BCUT2D eigenvalue weighted by Crippen LogP contribution is 2.43. The summed E-state index contributed by atoms with van der Waals surface area (Å²) in [6, 6.07) is 5.54. The number of benzene rings is 2. The number of esters is 11. The van der Waals surface area contributed by atoms with Crippen molar-refractivity contribution in [3.8, 4) is 40.1 Å². The Balaban J connectivity index is 1.61. The van der Waals surface area contributed by atoms with E-state index in [1.807, 2.05) is 0 Å². The second kappa shape index (κ2) is 27.6. The lowest BCUT2D eigenvalue weighted by Gasteiger charge is -2.46. The van der Waals surface area contributed by atoms with Gasteiger partial charge in [-0.3, -0.25) is 57.5 Å². The van der Waals surface area contributed by atoms with Crippen LogP contribution >= 0.6 is 0 Å². The van der Waals surface area contributed by atoms with Crippen LogP contribution in [0.1, 0.15) is 90.0 Å². The Labute approximate surface area is 476 Å². The zero-order valence-electron chi connectivity index (χ0n) is 47.4. The van der Waals surface area contributed by atoms with Crippen molar-refractivity contribution in [3.05, 3.63) is 40.6 Å². The van der Waals surface area contributed by atoms with E-state index >= 15 is 4.79 Å². The maximum Gasteiger partial charge on any atom is 0.308 e. The predicted octanol–water partition coefficient (Wildman–Crippen LogP) is 2.68. The largest absolute Gasteiger partial charge is 0.460 e. The van der Waals surface area contributed by atoms with Gasteiger partial charge in [0.05, 0.1) is 18.8 Å². The summed E-state index contributed by atoms with van der Waals surface area (Å²) in [4.78, 5) is 154. The van der Waals surface area contributed by atoms with Gasteiger partial charge in [-0.2, -0.15) is 0 Å². The fourth-order valence-corrected chi connectivity index (χ4v) is 9.15. The molecule has 0 radical (unpaired) electrons. The van der Waals surface area contributed by atoms with Crippen LogP contribution in [0.4, 0.5) is 0 Å². The molecule has 6 rings (SSSR count). The summed E-state index contributed by atoms with van der Waals surface area (Å²) in [5.74, 6) is -13.3. The minimum Gasteiger partial charge on any atom is -0.460 e. The first-order chi connectivity index (χ1) is 39.4. The molecule has 0 spiro atoms. The van der Waals surface area contributed by atoms with Crippen LogP contribution < -0.4 is 29.1 Å². The Morgan fingerprint density at radius 2 is 0.869 bits per heavy atom. The minimum absolute atomic E-state index is 0.209. The summed E-state index contributed by atoms with van der Waals surface area (Å²) in [6.45, 7) is 13.4. The fraction of sp³-hybridized carbons (Fsp3) is 0.519. The van der Waals surface area contributed by atoms with Gasteiger partial charge < -0.3 is 84.9 Å². The minimum atomic E-state index is -2.08. The molecule has 4 heterocycles. The maximum absolute atomic E-state index is 15.5. The second-order valence-corrected chi connectivity index (χ2v) is 18.9. The van der Waals surface area contributed by atoms with E-state index in [9.17, 15) is 52.7 Å². The van der Waals surface area contributed by atoms with Crippen molar-refractivity contribution in [2.75, 3.05) is 6.61 Å². The van der Waals surface area contributed by atoms with Crippen molar-refractivity contribution in [2.24, 2.45) is 0 Å². The van der Waals surface area contributed by atoms with E-state index in [2.05, 4.69) is 0 Å². The third-order valence-corrected chi connectivity index (χ3v) is 11.9. The summed E-state index contributed by atoms with van der Waals surface area (Å²) < 4.78 is 104. The van der Waals surface area contributed by atoms with Crippen molar-refractivity contribution < 1.29 is 138 Å². The highest BCUT2D eigenvalue weighted by molar-refractivity contribution is 5.91. The molecule has 0 bridgehead atoms. The number of hydrogen-bond donors (Lipinski definition) is 0. The van der Waals surface area contributed by atoms with Gasteiger partial charge in [-0.1, -0.05) is 0 Å². The number of carbonyl (C=O) groups is 11. The Morgan fingerprint density at radius 3 is 1.37 bits per heavy atom. The maximum atomic E-state index is 15.5. The first-order valence-corrected chi connectivity index (χ1v) is 25.5. The van der Waals surface area contributed by atoms with Gasteiger partial charge in [0.1, 0.15) is 22.5 Å². The van der Waals surface area contributed by atoms with Crippen LogP contribution in [0, 0.1) is 0 Å². The monoisotopic (exact) mass is 1190 g/mol. The molecular weight excluding hydrogens is 1130 g/mol. The zero-order chi connectivity index (χ0) is 62.2. The van der Waals surface area contributed by atoms with Gasteiger partial charge in [0.15, 0.2) is 72.4 Å². The average Bonchev–Trinajstić information content (AvgIpc) is 3.57. The van der Waals surface area contributed by atoms with Crippen molar-refractivity contribution in [1.82, 2.24) is 0 Å². The molecule has 3 aromatic rings. The molecule has 2 aromatic carbocycles. The topological polar surface area (TPSA) is 375 Å². The van der Waals surface area contributed by atoms with E-state index in [1.54, 1.807) is 0 Å².